The lowest BCUT2D eigenvalue weighted by molar-refractivity contribution is -0.137. The lowest BCUT2D eigenvalue weighted by Gasteiger charge is -2.44. The maximum atomic E-state index is 13.5. The van der Waals surface area contributed by atoms with Gasteiger partial charge in [0.1, 0.15) is 5.82 Å². The number of benzene rings is 1. The van der Waals surface area contributed by atoms with Crippen LogP contribution in [0.2, 0.25) is 0 Å². The molecule has 0 saturated carbocycles. The van der Waals surface area contributed by atoms with Crippen LogP contribution in [0.15, 0.2) is 49.2 Å². The number of nitrogens with zero attached hydrogens (tertiary/aromatic N) is 5. The molecule has 1 N–H and O–H groups in total. The van der Waals surface area contributed by atoms with E-state index < -0.39 is 0 Å². The summed E-state index contributed by atoms with van der Waals surface area (Å²) in [6.07, 6.45) is 6.55. The normalized spacial score (nSPS) is 20.7. The number of fused-ring (bicyclic) bond motifs is 3. The molecule has 5 heterocycles. The van der Waals surface area contributed by atoms with Gasteiger partial charge >= 0.3 is 0 Å². The molecule has 1 atom stereocenters. The highest BCUT2D eigenvalue weighted by Crippen LogP contribution is 2.35. The Labute approximate surface area is 194 Å². The first-order valence-corrected chi connectivity index (χ1v) is 12.0. The van der Waals surface area contributed by atoms with Gasteiger partial charge in [-0.25, -0.2) is 4.98 Å². The van der Waals surface area contributed by atoms with Crippen molar-refractivity contribution in [1.29, 1.82) is 0 Å². The molecule has 0 spiro atoms. The predicted octanol–water partition coefficient (Wildman–Crippen LogP) is 2.56. The molecule has 1 unspecified atom stereocenters. The Morgan fingerprint density at radius 2 is 2.00 bits per heavy atom. The van der Waals surface area contributed by atoms with E-state index in [1.54, 1.807) is 0 Å². The van der Waals surface area contributed by atoms with E-state index >= 15 is 0 Å². The zero-order chi connectivity index (χ0) is 22.4. The van der Waals surface area contributed by atoms with Gasteiger partial charge in [-0.15, -0.1) is 6.58 Å². The fourth-order valence-electron chi connectivity index (χ4n) is 5.69. The van der Waals surface area contributed by atoms with E-state index in [1.165, 1.54) is 16.7 Å². The molecule has 3 aromatic rings. The van der Waals surface area contributed by atoms with Crippen LogP contribution >= 0.6 is 0 Å². The van der Waals surface area contributed by atoms with E-state index in [0.717, 1.165) is 69.1 Å². The Morgan fingerprint density at radius 1 is 1.15 bits per heavy atom. The number of allylic oxidation sites excluding steroid dienone is 1. The monoisotopic (exact) mass is 442 g/mol. The second kappa shape index (κ2) is 8.30. The van der Waals surface area contributed by atoms with Crippen LogP contribution in [-0.2, 0) is 24.2 Å². The van der Waals surface area contributed by atoms with Crippen molar-refractivity contribution in [3.63, 3.8) is 0 Å². The van der Waals surface area contributed by atoms with Crippen LogP contribution in [0.3, 0.4) is 0 Å². The summed E-state index contributed by atoms with van der Waals surface area (Å²) in [5.41, 5.74) is 5.97. The quantitative estimate of drug-likeness (QED) is 0.629. The van der Waals surface area contributed by atoms with Crippen LogP contribution in [0.1, 0.15) is 34.7 Å². The summed E-state index contributed by atoms with van der Waals surface area (Å²) in [5.74, 6) is 1.76. The van der Waals surface area contributed by atoms with Crippen molar-refractivity contribution >= 4 is 17.4 Å². The summed E-state index contributed by atoms with van der Waals surface area (Å²) >= 11 is 0. The Balaban J connectivity index is 1.23. The van der Waals surface area contributed by atoms with Gasteiger partial charge in [0, 0.05) is 56.7 Å². The van der Waals surface area contributed by atoms with E-state index in [9.17, 15) is 4.79 Å². The molecule has 0 aliphatic carbocycles. The van der Waals surface area contributed by atoms with Crippen LogP contribution in [0.5, 0.6) is 0 Å². The van der Waals surface area contributed by atoms with Crippen LogP contribution < -0.4 is 10.2 Å². The summed E-state index contributed by atoms with van der Waals surface area (Å²) in [5, 5.41) is 8.04. The number of hydrogen-bond donors (Lipinski definition) is 1. The van der Waals surface area contributed by atoms with Crippen LogP contribution in [0.4, 0.5) is 5.82 Å². The largest absolute Gasteiger partial charge is 0.354 e. The fraction of sp³-hybridized carbons (Fsp3) is 0.423. The van der Waals surface area contributed by atoms with Crippen molar-refractivity contribution in [2.24, 2.45) is 5.92 Å². The number of carbonyl (C=O) groups excluding carboxylic acids is 1. The van der Waals surface area contributed by atoms with Crippen molar-refractivity contribution in [3.8, 4) is 0 Å². The minimum atomic E-state index is 0.0259. The van der Waals surface area contributed by atoms with E-state index in [2.05, 4.69) is 51.1 Å². The Bertz CT molecular complexity index is 1210. The van der Waals surface area contributed by atoms with Crippen molar-refractivity contribution in [2.45, 2.75) is 31.7 Å². The predicted molar refractivity (Wildman–Crippen MR) is 128 cm³/mol. The number of nitrogens with one attached hydrogen (secondary N) is 1. The molecule has 3 aliphatic heterocycles. The van der Waals surface area contributed by atoms with Crippen molar-refractivity contribution < 1.29 is 4.79 Å². The summed E-state index contributed by atoms with van der Waals surface area (Å²) < 4.78 is 1.96. The third-order valence-electron chi connectivity index (χ3n) is 7.37. The molecule has 170 valence electrons. The third-order valence-corrected chi connectivity index (χ3v) is 7.37. The second-order valence-electron chi connectivity index (χ2n) is 9.45. The number of anilines is 1. The zero-order valence-corrected chi connectivity index (χ0v) is 18.9. The summed E-state index contributed by atoms with van der Waals surface area (Å²) in [4.78, 5) is 22.8. The van der Waals surface area contributed by atoms with Gasteiger partial charge < -0.3 is 15.1 Å². The van der Waals surface area contributed by atoms with E-state index in [1.807, 2.05) is 22.9 Å². The number of aromatic nitrogens is 3. The molecule has 1 aromatic carbocycles. The molecule has 1 saturated heterocycles. The lowest BCUT2D eigenvalue weighted by Crippen LogP contribution is -2.56. The van der Waals surface area contributed by atoms with E-state index in [4.69, 9.17) is 4.98 Å². The smallest absolute Gasteiger partial charge is 0.229 e. The first-order valence-electron chi connectivity index (χ1n) is 12.0. The maximum Gasteiger partial charge on any atom is 0.229 e. The molecule has 3 aliphatic rings. The Morgan fingerprint density at radius 3 is 2.88 bits per heavy atom. The van der Waals surface area contributed by atoms with Gasteiger partial charge in [0.2, 0.25) is 5.91 Å². The third kappa shape index (κ3) is 3.51. The van der Waals surface area contributed by atoms with Gasteiger partial charge in [-0.1, -0.05) is 30.3 Å². The molecular formula is C26H30N6O. The highest BCUT2D eigenvalue weighted by atomic mass is 16.2. The van der Waals surface area contributed by atoms with Crippen molar-refractivity contribution in [1.82, 2.24) is 24.8 Å². The number of rotatable bonds is 4. The van der Waals surface area contributed by atoms with Crippen LogP contribution in [0.25, 0.3) is 5.65 Å². The molecule has 0 bridgehead atoms. The molecule has 33 heavy (non-hydrogen) atoms. The maximum absolute atomic E-state index is 13.5. The van der Waals surface area contributed by atoms with Gasteiger partial charge in [-0.05, 0) is 30.5 Å². The van der Waals surface area contributed by atoms with Gasteiger partial charge in [-0.2, -0.15) is 9.61 Å². The second-order valence-corrected chi connectivity index (χ2v) is 9.45. The molecule has 2 aromatic heterocycles. The molecule has 1 fully saturated rings. The van der Waals surface area contributed by atoms with Gasteiger partial charge in [0.05, 0.1) is 17.8 Å². The Hall–Kier alpha value is -3.19. The summed E-state index contributed by atoms with van der Waals surface area (Å²) in [6.45, 7) is 8.80. The molecule has 1 amide bonds. The van der Waals surface area contributed by atoms with Crippen LogP contribution in [0, 0.1) is 5.92 Å². The number of hydrogen-bond acceptors (Lipinski definition) is 5. The van der Waals surface area contributed by atoms with Crippen molar-refractivity contribution in [3.05, 3.63) is 71.6 Å². The van der Waals surface area contributed by atoms with E-state index in [0.29, 0.717) is 12.5 Å². The van der Waals surface area contributed by atoms with Gasteiger partial charge in [0.25, 0.3) is 0 Å². The Kier molecular flexibility index (Phi) is 5.14. The summed E-state index contributed by atoms with van der Waals surface area (Å²) in [6, 6.07) is 10.5. The number of amides is 1. The molecule has 7 nitrogen and oxygen atoms in total. The van der Waals surface area contributed by atoms with E-state index in [-0.39, 0.29) is 11.8 Å². The molecular weight excluding hydrogens is 412 g/mol. The standard InChI is InChI=1S/C26H30N6O/c1-2-5-18-14-31(15-19-6-3-4-7-21(18)19)26(33)20-16-30(17-20)25-22-8-11-27-12-9-23(22)29-24-10-13-28-32(24)25/h2-4,6-7,10,13,18,20,27H,1,5,8-9,11-12,14-17H2. The number of carbonyl (C=O) groups is 1. The summed E-state index contributed by atoms with van der Waals surface area (Å²) in [7, 11) is 0. The van der Waals surface area contributed by atoms with Crippen molar-refractivity contribution in [2.75, 3.05) is 37.6 Å². The van der Waals surface area contributed by atoms with Gasteiger partial charge in [-0.3, -0.25) is 4.79 Å². The molecule has 7 heteroatoms. The highest BCUT2D eigenvalue weighted by molar-refractivity contribution is 5.82. The first-order chi connectivity index (χ1) is 16.2. The average Bonchev–Trinajstić information content (AvgIpc) is 3.14. The topological polar surface area (TPSA) is 65.8 Å². The van der Waals surface area contributed by atoms with Gasteiger partial charge in [0.15, 0.2) is 5.65 Å². The average molecular weight is 443 g/mol. The first kappa shape index (κ1) is 20.4. The highest BCUT2D eigenvalue weighted by Gasteiger charge is 2.40. The molecule has 6 rings (SSSR count). The zero-order valence-electron chi connectivity index (χ0n) is 18.9. The minimum absolute atomic E-state index is 0.0259. The van der Waals surface area contributed by atoms with Crippen LogP contribution in [-0.4, -0.2) is 58.1 Å². The SMILES string of the molecule is C=CCC1CN(C(=O)C2CN(c3c4c(nc5ccnn35)CCNCC4)C2)Cc2ccccc21. The fourth-order valence-corrected chi connectivity index (χ4v) is 5.69. The lowest BCUT2D eigenvalue weighted by atomic mass is 9.86. The minimum Gasteiger partial charge on any atom is -0.354 e. The molecule has 0 radical (unpaired) electrons.